The molecule has 1 amide bonds. The lowest BCUT2D eigenvalue weighted by molar-refractivity contribution is -0.139. The van der Waals surface area contributed by atoms with E-state index >= 15 is 0 Å². The van der Waals surface area contributed by atoms with E-state index in [1.807, 2.05) is 6.07 Å². The summed E-state index contributed by atoms with van der Waals surface area (Å²) in [4.78, 5) is 14.0. The fraction of sp³-hybridized carbons (Fsp3) is 0.467. The van der Waals surface area contributed by atoms with Gasteiger partial charge in [-0.25, -0.2) is 0 Å². The first kappa shape index (κ1) is 14.4. The van der Waals surface area contributed by atoms with Gasteiger partial charge in [0, 0.05) is 6.54 Å². The second-order valence-corrected chi connectivity index (χ2v) is 4.88. The Morgan fingerprint density at radius 2 is 2.35 bits per heavy atom. The van der Waals surface area contributed by atoms with Gasteiger partial charge in [0.15, 0.2) is 6.10 Å². The van der Waals surface area contributed by atoms with Gasteiger partial charge in [-0.2, -0.15) is 5.26 Å². The van der Waals surface area contributed by atoms with Crippen LogP contribution < -0.4 is 4.74 Å². The Kier molecular flexibility index (Phi) is 4.59. The SMILES string of the molecule is CC(Oc1ccccc1C#N)C(=O)N1CCCC1CO. The van der Waals surface area contributed by atoms with E-state index < -0.39 is 6.10 Å². The van der Waals surface area contributed by atoms with Gasteiger partial charge in [-0.15, -0.1) is 0 Å². The van der Waals surface area contributed by atoms with Crippen LogP contribution in [-0.4, -0.2) is 41.2 Å². The molecule has 0 aromatic heterocycles. The van der Waals surface area contributed by atoms with Gasteiger partial charge in [0.05, 0.1) is 18.2 Å². The molecule has 1 aliphatic rings. The van der Waals surface area contributed by atoms with Crippen LogP contribution in [-0.2, 0) is 4.79 Å². The summed E-state index contributed by atoms with van der Waals surface area (Å²) in [6.45, 7) is 2.30. The molecule has 0 radical (unpaired) electrons. The van der Waals surface area contributed by atoms with Crippen LogP contribution >= 0.6 is 0 Å². The van der Waals surface area contributed by atoms with Crippen molar-refractivity contribution in [3.63, 3.8) is 0 Å². The molecule has 1 aliphatic heterocycles. The van der Waals surface area contributed by atoms with Crippen molar-refractivity contribution >= 4 is 5.91 Å². The zero-order valence-corrected chi connectivity index (χ0v) is 11.5. The third-order valence-corrected chi connectivity index (χ3v) is 3.53. The number of hydrogen-bond acceptors (Lipinski definition) is 4. The van der Waals surface area contributed by atoms with Crippen molar-refractivity contribution in [1.82, 2.24) is 4.90 Å². The van der Waals surface area contributed by atoms with E-state index in [0.717, 1.165) is 12.8 Å². The molecule has 0 aliphatic carbocycles. The third kappa shape index (κ3) is 2.91. The highest BCUT2D eigenvalue weighted by atomic mass is 16.5. The van der Waals surface area contributed by atoms with Gasteiger partial charge in [0.2, 0.25) is 0 Å². The number of rotatable bonds is 4. The zero-order chi connectivity index (χ0) is 14.5. The highest BCUT2D eigenvalue weighted by molar-refractivity contribution is 5.81. The molecule has 1 heterocycles. The van der Waals surface area contributed by atoms with Crippen molar-refractivity contribution in [3.05, 3.63) is 29.8 Å². The number of para-hydroxylation sites is 1. The lowest BCUT2D eigenvalue weighted by Crippen LogP contribution is -2.44. The first-order valence-electron chi connectivity index (χ1n) is 6.74. The number of amides is 1. The van der Waals surface area contributed by atoms with Crippen LogP contribution in [0.15, 0.2) is 24.3 Å². The summed E-state index contributed by atoms with van der Waals surface area (Å²) < 4.78 is 5.61. The Balaban J connectivity index is 2.06. The maximum Gasteiger partial charge on any atom is 0.263 e. The molecule has 5 nitrogen and oxygen atoms in total. The summed E-state index contributed by atoms with van der Waals surface area (Å²) in [6, 6.07) is 8.77. The van der Waals surface area contributed by atoms with E-state index in [-0.39, 0.29) is 18.6 Å². The van der Waals surface area contributed by atoms with Crippen molar-refractivity contribution in [2.24, 2.45) is 0 Å². The summed E-state index contributed by atoms with van der Waals surface area (Å²) >= 11 is 0. The number of ether oxygens (including phenoxy) is 1. The van der Waals surface area contributed by atoms with Crippen LogP contribution in [0.5, 0.6) is 5.75 Å². The molecular weight excluding hydrogens is 256 g/mol. The van der Waals surface area contributed by atoms with Crippen molar-refractivity contribution in [2.75, 3.05) is 13.2 Å². The fourth-order valence-corrected chi connectivity index (χ4v) is 2.45. The van der Waals surface area contributed by atoms with E-state index in [0.29, 0.717) is 17.9 Å². The molecule has 2 atom stereocenters. The lowest BCUT2D eigenvalue weighted by atomic mass is 10.2. The minimum absolute atomic E-state index is 0.0206. The summed E-state index contributed by atoms with van der Waals surface area (Å²) in [6.07, 6.45) is 1.05. The van der Waals surface area contributed by atoms with E-state index in [9.17, 15) is 9.90 Å². The molecule has 1 aromatic rings. The second-order valence-electron chi connectivity index (χ2n) is 4.88. The number of aliphatic hydroxyl groups is 1. The van der Waals surface area contributed by atoms with Gasteiger partial charge < -0.3 is 14.7 Å². The number of aliphatic hydroxyl groups excluding tert-OH is 1. The smallest absolute Gasteiger partial charge is 0.263 e. The predicted molar refractivity (Wildman–Crippen MR) is 73.1 cm³/mol. The molecule has 1 fully saturated rings. The monoisotopic (exact) mass is 274 g/mol. The van der Waals surface area contributed by atoms with Crippen molar-refractivity contribution < 1.29 is 14.6 Å². The van der Waals surface area contributed by atoms with Gasteiger partial charge >= 0.3 is 0 Å². The first-order valence-corrected chi connectivity index (χ1v) is 6.74. The van der Waals surface area contributed by atoms with Gasteiger partial charge in [-0.1, -0.05) is 12.1 Å². The molecule has 106 valence electrons. The fourth-order valence-electron chi connectivity index (χ4n) is 2.45. The Bertz CT molecular complexity index is 524. The Morgan fingerprint density at radius 1 is 1.60 bits per heavy atom. The van der Waals surface area contributed by atoms with Crippen LogP contribution in [0.1, 0.15) is 25.3 Å². The van der Waals surface area contributed by atoms with Gasteiger partial charge in [-0.05, 0) is 31.9 Å². The van der Waals surface area contributed by atoms with Gasteiger partial charge in [0.1, 0.15) is 11.8 Å². The Labute approximate surface area is 118 Å². The van der Waals surface area contributed by atoms with E-state index in [4.69, 9.17) is 10.00 Å². The highest BCUT2D eigenvalue weighted by Crippen LogP contribution is 2.22. The molecule has 1 saturated heterocycles. The number of hydrogen-bond donors (Lipinski definition) is 1. The number of likely N-dealkylation sites (tertiary alicyclic amines) is 1. The van der Waals surface area contributed by atoms with Gasteiger partial charge in [0.25, 0.3) is 5.91 Å². The largest absolute Gasteiger partial charge is 0.480 e. The normalized spacial score (nSPS) is 19.4. The molecule has 0 bridgehead atoms. The third-order valence-electron chi connectivity index (χ3n) is 3.53. The number of carbonyl (C=O) groups excluding carboxylic acids is 1. The van der Waals surface area contributed by atoms with E-state index in [1.54, 1.807) is 36.1 Å². The molecule has 0 saturated carbocycles. The Morgan fingerprint density at radius 3 is 3.05 bits per heavy atom. The van der Waals surface area contributed by atoms with Crippen molar-refractivity contribution in [1.29, 1.82) is 5.26 Å². The molecule has 1 aromatic carbocycles. The predicted octanol–water partition coefficient (Wildman–Crippen LogP) is 1.31. The minimum atomic E-state index is -0.670. The molecule has 0 spiro atoms. The second kappa shape index (κ2) is 6.40. The summed E-state index contributed by atoms with van der Waals surface area (Å²) in [5, 5.41) is 18.3. The molecule has 1 N–H and O–H groups in total. The molecular formula is C15H18N2O3. The summed E-state index contributed by atoms with van der Waals surface area (Å²) in [7, 11) is 0. The van der Waals surface area contributed by atoms with Crippen LogP contribution in [0.3, 0.4) is 0 Å². The van der Waals surface area contributed by atoms with Crippen LogP contribution in [0.4, 0.5) is 0 Å². The quantitative estimate of drug-likeness (QED) is 0.898. The number of carbonyl (C=O) groups is 1. The summed E-state index contributed by atoms with van der Waals surface area (Å²) in [5.74, 6) is 0.268. The van der Waals surface area contributed by atoms with Crippen LogP contribution in [0, 0.1) is 11.3 Å². The maximum absolute atomic E-state index is 12.3. The number of nitriles is 1. The molecule has 2 unspecified atom stereocenters. The Hall–Kier alpha value is -2.06. The summed E-state index contributed by atoms with van der Waals surface area (Å²) in [5.41, 5.74) is 0.410. The number of benzene rings is 1. The average molecular weight is 274 g/mol. The topological polar surface area (TPSA) is 73.6 Å². The average Bonchev–Trinajstić information content (AvgIpc) is 2.95. The zero-order valence-electron chi connectivity index (χ0n) is 11.5. The highest BCUT2D eigenvalue weighted by Gasteiger charge is 2.31. The minimum Gasteiger partial charge on any atom is -0.480 e. The molecule has 2 rings (SSSR count). The molecule has 5 heteroatoms. The lowest BCUT2D eigenvalue weighted by Gasteiger charge is -2.26. The van der Waals surface area contributed by atoms with Gasteiger partial charge in [-0.3, -0.25) is 4.79 Å². The van der Waals surface area contributed by atoms with Crippen LogP contribution in [0.25, 0.3) is 0 Å². The van der Waals surface area contributed by atoms with E-state index in [1.165, 1.54) is 0 Å². The standard InChI is InChI=1S/C15H18N2O3/c1-11(15(19)17-8-4-6-13(17)10-18)20-14-7-3-2-5-12(14)9-16/h2-3,5,7,11,13,18H,4,6,8,10H2,1H3. The maximum atomic E-state index is 12.3. The first-order chi connectivity index (χ1) is 9.67. The van der Waals surface area contributed by atoms with Crippen molar-refractivity contribution in [2.45, 2.75) is 31.9 Å². The van der Waals surface area contributed by atoms with Crippen LogP contribution in [0.2, 0.25) is 0 Å². The number of nitrogens with zero attached hydrogens (tertiary/aromatic N) is 2. The van der Waals surface area contributed by atoms with E-state index in [2.05, 4.69) is 0 Å². The molecule has 20 heavy (non-hydrogen) atoms. The van der Waals surface area contributed by atoms with Crippen molar-refractivity contribution in [3.8, 4) is 11.8 Å².